The fourth-order valence-corrected chi connectivity index (χ4v) is 10.3. The number of hydrogen-bond donors (Lipinski definition) is 4. The summed E-state index contributed by atoms with van der Waals surface area (Å²) < 4.78 is 23.4. The Morgan fingerprint density at radius 1 is 0.974 bits per heavy atom. The molecule has 0 amide bonds. The number of rotatable bonds is 1. The number of carbonyl (C=O) groups is 1. The van der Waals surface area contributed by atoms with Crippen LogP contribution in [0.1, 0.15) is 72.1 Å². The number of fused-ring (bicyclic) bond motifs is 7. The van der Waals surface area contributed by atoms with E-state index < -0.39 is 42.1 Å². The minimum absolute atomic E-state index is 0.121. The number of aliphatic hydroxyl groups excluding tert-OH is 2. The maximum Gasteiger partial charge on any atom is 0.331 e. The molecule has 4 aliphatic carbocycles. The summed E-state index contributed by atoms with van der Waals surface area (Å²) in [5, 5.41) is 44.8. The minimum atomic E-state index is -2.12. The fraction of sp³-hybridized carbons (Fsp3) is 0.897. The standard InChI is InChI=1S/C29H42O9/c1-14-23(31)24(32)29(34)25(36-14)37-20-11-16-4-5-19-18(26(16,2)12-21(20)38-29)6-8-27(3)17(7-9-28(19,27)33)15-10-22(30)35-13-15/h10,14,16-21,23-25,31-34H,4-9,11-13H2,1-3H3/t14-,16+,17-,18+,19-,20-,21-,23+,24+,25+,26+,27-,28+,29+/m1/s1. The summed E-state index contributed by atoms with van der Waals surface area (Å²) in [5.74, 6) is -1.40. The molecule has 3 heterocycles. The van der Waals surface area contributed by atoms with E-state index in [1.807, 2.05) is 0 Å². The van der Waals surface area contributed by atoms with Crippen LogP contribution in [0.15, 0.2) is 11.6 Å². The highest BCUT2D eigenvalue weighted by molar-refractivity contribution is 5.85. The highest BCUT2D eigenvalue weighted by Crippen LogP contribution is 2.70. The summed E-state index contributed by atoms with van der Waals surface area (Å²) in [5.41, 5.74) is -0.187. The zero-order valence-electron chi connectivity index (χ0n) is 22.5. The molecule has 9 heteroatoms. The fourth-order valence-electron chi connectivity index (χ4n) is 10.3. The van der Waals surface area contributed by atoms with Gasteiger partial charge in [0.2, 0.25) is 12.1 Å². The van der Waals surface area contributed by atoms with Crippen LogP contribution in [0.5, 0.6) is 0 Å². The van der Waals surface area contributed by atoms with Crippen LogP contribution < -0.4 is 0 Å². The lowest BCUT2D eigenvalue weighted by molar-refractivity contribution is -0.469. The zero-order chi connectivity index (χ0) is 26.8. The van der Waals surface area contributed by atoms with E-state index in [0.29, 0.717) is 24.9 Å². The molecule has 0 unspecified atom stereocenters. The zero-order valence-corrected chi connectivity index (χ0v) is 22.5. The van der Waals surface area contributed by atoms with Gasteiger partial charge in [0.1, 0.15) is 18.8 Å². The molecular formula is C29H42O9. The van der Waals surface area contributed by atoms with Crippen molar-refractivity contribution in [2.24, 2.45) is 34.5 Å². The number of aliphatic hydroxyl groups is 4. The predicted molar refractivity (Wildman–Crippen MR) is 132 cm³/mol. The van der Waals surface area contributed by atoms with E-state index in [2.05, 4.69) is 13.8 Å². The first-order chi connectivity index (χ1) is 17.9. The Balaban J connectivity index is 1.15. The molecule has 3 aliphatic heterocycles. The molecule has 0 aromatic heterocycles. The van der Waals surface area contributed by atoms with E-state index in [9.17, 15) is 25.2 Å². The molecule has 2 saturated heterocycles. The highest BCUT2D eigenvalue weighted by Gasteiger charge is 2.70. The Morgan fingerprint density at radius 3 is 2.50 bits per heavy atom. The normalized spacial score (nSPS) is 59.6. The molecule has 0 radical (unpaired) electrons. The van der Waals surface area contributed by atoms with Gasteiger partial charge in [-0.1, -0.05) is 13.8 Å². The first kappa shape index (κ1) is 25.9. The number of ether oxygens (including phenoxy) is 4. The van der Waals surface area contributed by atoms with Crippen LogP contribution in [0.3, 0.4) is 0 Å². The minimum Gasteiger partial charge on any atom is -0.458 e. The quantitative estimate of drug-likeness (QED) is 0.293. The van der Waals surface area contributed by atoms with E-state index in [4.69, 9.17) is 18.9 Å². The van der Waals surface area contributed by atoms with Crippen molar-refractivity contribution in [1.82, 2.24) is 0 Å². The third kappa shape index (κ3) is 3.21. The SMILES string of the molecule is C[C@H]1O[C@H]2O[C@@H]3C[C@@H]4CC[C@@H]5[C@H](CC[C@]6(C)[C@@H](C7=CC(=O)OC7)CC[C@]56O)[C@@]4(C)C[C@H]3O[C@@]2(O)[C@@H](O)[C@H]1O. The molecule has 7 aliphatic rings. The van der Waals surface area contributed by atoms with E-state index in [0.717, 1.165) is 50.5 Å². The van der Waals surface area contributed by atoms with Crippen LogP contribution in [0.4, 0.5) is 0 Å². The van der Waals surface area contributed by atoms with Gasteiger partial charge in [-0.05, 0) is 93.0 Å². The first-order valence-electron chi connectivity index (χ1n) is 14.6. The average molecular weight is 535 g/mol. The third-order valence-corrected chi connectivity index (χ3v) is 12.5. The number of carbonyl (C=O) groups excluding carboxylic acids is 1. The Bertz CT molecular complexity index is 1050. The van der Waals surface area contributed by atoms with Gasteiger partial charge in [-0.3, -0.25) is 0 Å². The van der Waals surface area contributed by atoms with E-state index >= 15 is 0 Å². The van der Waals surface area contributed by atoms with E-state index in [1.165, 1.54) is 0 Å². The summed E-state index contributed by atoms with van der Waals surface area (Å²) >= 11 is 0. The summed E-state index contributed by atoms with van der Waals surface area (Å²) in [6.07, 6.45) is 3.15. The van der Waals surface area contributed by atoms with Gasteiger partial charge in [0.25, 0.3) is 0 Å². The van der Waals surface area contributed by atoms with Crippen LogP contribution in [0.2, 0.25) is 0 Å². The number of esters is 1. The maximum atomic E-state index is 12.5. The van der Waals surface area contributed by atoms with Gasteiger partial charge in [-0.25, -0.2) is 4.79 Å². The Kier molecular flexibility index (Phi) is 5.61. The third-order valence-electron chi connectivity index (χ3n) is 12.5. The van der Waals surface area contributed by atoms with Crippen molar-refractivity contribution in [1.29, 1.82) is 0 Å². The molecule has 4 saturated carbocycles. The van der Waals surface area contributed by atoms with Gasteiger partial charge < -0.3 is 39.4 Å². The van der Waals surface area contributed by atoms with Crippen molar-refractivity contribution < 1.29 is 44.2 Å². The van der Waals surface area contributed by atoms with Crippen molar-refractivity contribution in [3.8, 4) is 0 Å². The maximum absolute atomic E-state index is 12.5. The number of cyclic esters (lactones) is 1. The van der Waals surface area contributed by atoms with Crippen molar-refractivity contribution in [3.05, 3.63) is 11.6 Å². The van der Waals surface area contributed by atoms with E-state index in [-0.39, 0.29) is 34.7 Å². The van der Waals surface area contributed by atoms with Crippen LogP contribution in [-0.4, -0.2) is 81.2 Å². The van der Waals surface area contributed by atoms with Crippen LogP contribution in [0.25, 0.3) is 0 Å². The van der Waals surface area contributed by atoms with Crippen molar-refractivity contribution >= 4 is 5.97 Å². The topological polar surface area (TPSA) is 135 Å². The number of hydrogen-bond acceptors (Lipinski definition) is 9. The molecule has 0 bridgehead atoms. The van der Waals surface area contributed by atoms with E-state index in [1.54, 1.807) is 13.0 Å². The molecule has 4 N–H and O–H groups in total. The molecular weight excluding hydrogens is 492 g/mol. The molecule has 0 spiro atoms. The van der Waals surface area contributed by atoms with Gasteiger partial charge in [0, 0.05) is 11.5 Å². The molecule has 6 fully saturated rings. The lowest BCUT2D eigenvalue weighted by Crippen LogP contribution is -2.73. The second-order valence-corrected chi connectivity index (χ2v) is 13.9. The van der Waals surface area contributed by atoms with Gasteiger partial charge in [0.15, 0.2) is 0 Å². The van der Waals surface area contributed by atoms with Crippen molar-refractivity contribution in [2.75, 3.05) is 6.61 Å². The first-order valence-corrected chi connectivity index (χ1v) is 14.6. The average Bonchev–Trinajstić information content (AvgIpc) is 3.41. The molecule has 38 heavy (non-hydrogen) atoms. The lowest BCUT2D eigenvalue weighted by atomic mass is 9.43. The largest absolute Gasteiger partial charge is 0.458 e. The lowest BCUT2D eigenvalue weighted by Gasteiger charge is -2.65. The van der Waals surface area contributed by atoms with Crippen LogP contribution in [-0.2, 0) is 23.7 Å². The van der Waals surface area contributed by atoms with Crippen molar-refractivity contribution in [2.45, 2.75) is 120 Å². The van der Waals surface area contributed by atoms with Crippen molar-refractivity contribution in [3.63, 3.8) is 0 Å². The van der Waals surface area contributed by atoms with Gasteiger partial charge in [0.05, 0.1) is 23.9 Å². The van der Waals surface area contributed by atoms with Crippen LogP contribution in [0, 0.1) is 34.5 Å². The Labute approximate surface area is 223 Å². The molecule has 0 aromatic carbocycles. The van der Waals surface area contributed by atoms with Gasteiger partial charge in [-0.15, -0.1) is 0 Å². The molecule has 7 rings (SSSR count). The Morgan fingerprint density at radius 2 is 1.76 bits per heavy atom. The summed E-state index contributed by atoms with van der Waals surface area (Å²) in [4.78, 5) is 11.8. The Hall–Kier alpha value is -1.07. The summed E-state index contributed by atoms with van der Waals surface area (Å²) in [7, 11) is 0. The molecule has 14 atom stereocenters. The highest BCUT2D eigenvalue weighted by atomic mass is 16.8. The predicted octanol–water partition coefficient (Wildman–Crippen LogP) is 1.79. The molecule has 212 valence electrons. The molecule has 0 aromatic rings. The second kappa shape index (κ2) is 8.24. The second-order valence-electron chi connectivity index (χ2n) is 13.9. The smallest absolute Gasteiger partial charge is 0.331 e. The summed E-state index contributed by atoms with van der Waals surface area (Å²) in [6, 6.07) is 0. The van der Waals surface area contributed by atoms with Crippen LogP contribution >= 0.6 is 0 Å². The van der Waals surface area contributed by atoms with Gasteiger partial charge in [-0.2, -0.15) is 0 Å². The summed E-state index contributed by atoms with van der Waals surface area (Å²) in [6.45, 7) is 6.53. The molecule has 9 nitrogen and oxygen atoms in total. The monoisotopic (exact) mass is 534 g/mol. The van der Waals surface area contributed by atoms with Gasteiger partial charge >= 0.3 is 5.97 Å².